The van der Waals surface area contributed by atoms with Crippen molar-refractivity contribution in [1.82, 2.24) is 15.0 Å². The molecule has 22 heavy (non-hydrogen) atoms. The number of hydrogen-bond acceptors (Lipinski definition) is 5. The van der Waals surface area contributed by atoms with Crippen LogP contribution in [-0.2, 0) is 16.6 Å². The number of hydrogen-bond donors (Lipinski definition) is 3. The Kier molecular flexibility index (Phi) is 4.95. The molecule has 1 atom stereocenters. The van der Waals surface area contributed by atoms with E-state index in [1.165, 1.54) is 6.07 Å². The lowest BCUT2D eigenvalue weighted by Crippen LogP contribution is -2.36. The van der Waals surface area contributed by atoms with Crippen molar-refractivity contribution < 1.29 is 19.2 Å². The molecule has 2 heterocycles. The summed E-state index contributed by atoms with van der Waals surface area (Å²) in [5, 5.41) is 18.3. The topological polar surface area (TPSA) is 109 Å². The van der Waals surface area contributed by atoms with Crippen molar-refractivity contribution in [3.8, 4) is 0 Å². The van der Waals surface area contributed by atoms with Gasteiger partial charge in [0, 0.05) is 31.5 Å². The van der Waals surface area contributed by atoms with Gasteiger partial charge in [0.15, 0.2) is 5.82 Å². The highest BCUT2D eigenvalue weighted by molar-refractivity contribution is 6.39. The monoisotopic (exact) mass is 306 g/mol. The number of aryl methyl sites for hydroxylation is 2. The van der Waals surface area contributed by atoms with Gasteiger partial charge < -0.3 is 19.5 Å². The second-order valence-electron chi connectivity index (χ2n) is 4.88. The summed E-state index contributed by atoms with van der Waals surface area (Å²) in [7, 11) is 1.82. The van der Waals surface area contributed by atoms with E-state index in [1.54, 1.807) is 17.6 Å². The number of nitrogens with one attached hydrogen (secondary N) is 2. The van der Waals surface area contributed by atoms with Gasteiger partial charge >= 0.3 is 11.8 Å². The van der Waals surface area contributed by atoms with Crippen molar-refractivity contribution in [1.29, 1.82) is 0 Å². The normalized spacial score (nSPS) is 12.0. The summed E-state index contributed by atoms with van der Waals surface area (Å²) in [6, 6.07) is 5.13. The lowest BCUT2D eigenvalue weighted by molar-refractivity contribution is -0.136. The van der Waals surface area contributed by atoms with Crippen LogP contribution >= 0.6 is 0 Å². The number of rotatable bonds is 5. The summed E-state index contributed by atoms with van der Waals surface area (Å²) in [5.41, 5.74) is 0.747. The number of aromatic nitrogens is 2. The van der Waals surface area contributed by atoms with E-state index in [0.29, 0.717) is 12.2 Å². The molecule has 0 radical (unpaired) electrons. The largest absolute Gasteiger partial charge is 0.387 e. The molecule has 0 aliphatic rings. The van der Waals surface area contributed by atoms with Gasteiger partial charge in [-0.25, -0.2) is 0 Å². The third-order valence-electron chi connectivity index (χ3n) is 3.10. The first-order chi connectivity index (χ1) is 10.5. The fraction of sp³-hybridized carbons (Fsp3) is 0.357. The second kappa shape index (κ2) is 6.90. The van der Waals surface area contributed by atoms with E-state index in [-0.39, 0.29) is 12.4 Å². The first-order valence-electron chi connectivity index (χ1n) is 6.79. The van der Waals surface area contributed by atoms with Crippen LogP contribution in [0.25, 0.3) is 0 Å². The molecule has 0 bridgehead atoms. The molecule has 1 unspecified atom stereocenters. The first-order valence-corrected chi connectivity index (χ1v) is 6.79. The molecule has 2 aromatic rings. The molecule has 0 aliphatic carbocycles. The number of carbonyl (C=O) groups is 2. The van der Waals surface area contributed by atoms with Gasteiger partial charge in [-0.1, -0.05) is 5.16 Å². The van der Waals surface area contributed by atoms with Crippen molar-refractivity contribution in [2.75, 3.05) is 11.9 Å². The molecule has 3 N–H and O–H groups in total. The smallest absolute Gasteiger partial charge is 0.314 e. The number of carbonyl (C=O) groups excluding carboxylic acids is 2. The van der Waals surface area contributed by atoms with Gasteiger partial charge in [-0.15, -0.1) is 0 Å². The number of nitrogens with zero attached hydrogens (tertiary/aromatic N) is 2. The highest BCUT2D eigenvalue weighted by Crippen LogP contribution is 2.15. The van der Waals surface area contributed by atoms with Crippen molar-refractivity contribution >= 4 is 17.6 Å². The summed E-state index contributed by atoms with van der Waals surface area (Å²) in [4.78, 5) is 23.2. The molecular formula is C14H18N4O4. The molecule has 0 saturated carbocycles. The van der Waals surface area contributed by atoms with Crippen LogP contribution < -0.4 is 10.6 Å². The standard InChI is InChI=1S/C14H18N4O4/c1-9-8-12(17-22-9)16-14(21)13(20)15-6-5-11(19)10-4-3-7-18(10)2/h3-4,7-8,11,19H,5-6H2,1-2H3,(H,15,20)(H,16,17,21). The highest BCUT2D eigenvalue weighted by Gasteiger charge is 2.16. The Labute approximate surface area is 127 Å². The van der Waals surface area contributed by atoms with Crippen LogP contribution in [0.1, 0.15) is 24.0 Å². The van der Waals surface area contributed by atoms with E-state index in [0.717, 1.165) is 5.69 Å². The predicted molar refractivity (Wildman–Crippen MR) is 77.9 cm³/mol. The van der Waals surface area contributed by atoms with Gasteiger partial charge in [-0.05, 0) is 25.5 Å². The Balaban J connectivity index is 1.75. The van der Waals surface area contributed by atoms with E-state index in [1.807, 2.05) is 19.3 Å². The molecule has 8 heteroatoms. The van der Waals surface area contributed by atoms with Gasteiger partial charge in [0.25, 0.3) is 0 Å². The Morgan fingerprint density at radius 2 is 2.23 bits per heavy atom. The van der Waals surface area contributed by atoms with Crippen LogP contribution in [0.4, 0.5) is 5.82 Å². The molecule has 8 nitrogen and oxygen atoms in total. The zero-order valence-electron chi connectivity index (χ0n) is 12.4. The van der Waals surface area contributed by atoms with Crippen molar-refractivity contribution in [2.45, 2.75) is 19.4 Å². The molecule has 0 fully saturated rings. The van der Waals surface area contributed by atoms with Crippen molar-refractivity contribution in [3.63, 3.8) is 0 Å². The maximum Gasteiger partial charge on any atom is 0.314 e. The highest BCUT2D eigenvalue weighted by atomic mass is 16.5. The summed E-state index contributed by atoms with van der Waals surface area (Å²) in [5.74, 6) is -0.913. The zero-order chi connectivity index (χ0) is 16.1. The molecule has 2 amide bonds. The fourth-order valence-corrected chi connectivity index (χ4v) is 1.97. The van der Waals surface area contributed by atoms with Crippen LogP contribution in [0.5, 0.6) is 0 Å². The van der Waals surface area contributed by atoms with E-state index in [9.17, 15) is 14.7 Å². The van der Waals surface area contributed by atoms with Crippen LogP contribution in [-0.4, -0.2) is 33.2 Å². The van der Waals surface area contributed by atoms with Crippen LogP contribution in [0.3, 0.4) is 0 Å². The molecule has 0 aliphatic heterocycles. The number of anilines is 1. The number of aliphatic hydroxyl groups excluding tert-OH is 1. The Hall–Kier alpha value is -2.61. The Bertz CT molecular complexity index is 661. The molecule has 118 valence electrons. The van der Waals surface area contributed by atoms with Crippen molar-refractivity contribution in [2.24, 2.45) is 7.05 Å². The quantitative estimate of drug-likeness (QED) is 0.697. The van der Waals surface area contributed by atoms with E-state index in [2.05, 4.69) is 15.8 Å². The first kappa shape index (κ1) is 15.8. The predicted octanol–water partition coefficient (Wildman–Crippen LogP) is 0.500. The Morgan fingerprint density at radius 3 is 2.82 bits per heavy atom. The average molecular weight is 306 g/mol. The summed E-state index contributed by atoms with van der Waals surface area (Å²) < 4.78 is 6.58. The SMILES string of the molecule is Cc1cc(NC(=O)C(=O)NCCC(O)c2cccn2C)no1. The molecule has 0 spiro atoms. The maximum absolute atomic E-state index is 11.6. The summed E-state index contributed by atoms with van der Waals surface area (Å²) in [6.45, 7) is 1.85. The van der Waals surface area contributed by atoms with Crippen LogP contribution in [0, 0.1) is 6.92 Å². The average Bonchev–Trinajstić information content (AvgIpc) is 3.07. The Morgan fingerprint density at radius 1 is 1.45 bits per heavy atom. The molecular weight excluding hydrogens is 288 g/mol. The minimum Gasteiger partial charge on any atom is -0.387 e. The minimum absolute atomic E-state index is 0.177. The number of amides is 2. The van der Waals surface area contributed by atoms with Gasteiger partial charge in [0.1, 0.15) is 5.76 Å². The molecule has 0 saturated heterocycles. The second-order valence-corrected chi connectivity index (χ2v) is 4.88. The van der Waals surface area contributed by atoms with E-state index < -0.39 is 17.9 Å². The molecule has 2 rings (SSSR count). The molecule has 2 aromatic heterocycles. The van der Waals surface area contributed by atoms with E-state index in [4.69, 9.17) is 4.52 Å². The third-order valence-corrected chi connectivity index (χ3v) is 3.10. The lowest BCUT2D eigenvalue weighted by Gasteiger charge is -2.12. The van der Waals surface area contributed by atoms with Gasteiger partial charge in [0.2, 0.25) is 0 Å². The molecule has 0 aromatic carbocycles. The van der Waals surface area contributed by atoms with Crippen LogP contribution in [0.15, 0.2) is 28.9 Å². The fourth-order valence-electron chi connectivity index (χ4n) is 1.97. The lowest BCUT2D eigenvalue weighted by atomic mass is 10.2. The maximum atomic E-state index is 11.6. The van der Waals surface area contributed by atoms with Gasteiger partial charge in [0.05, 0.1) is 6.10 Å². The zero-order valence-corrected chi connectivity index (χ0v) is 12.4. The van der Waals surface area contributed by atoms with Gasteiger partial charge in [-0.2, -0.15) is 0 Å². The van der Waals surface area contributed by atoms with E-state index >= 15 is 0 Å². The summed E-state index contributed by atoms with van der Waals surface area (Å²) >= 11 is 0. The number of aliphatic hydroxyl groups is 1. The minimum atomic E-state index is -0.832. The van der Waals surface area contributed by atoms with Gasteiger partial charge in [-0.3, -0.25) is 14.9 Å². The van der Waals surface area contributed by atoms with Crippen molar-refractivity contribution in [3.05, 3.63) is 35.9 Å². The third kappa shape index (κ3) is 3.95. The van der Waals surface area contributed by atoms with Crippen LogP contribution in [0.2, 0.25) is 0 Å². The summed E-state index contributed by atoms with van der Waals surface area (Å²) in [6.07, 6.45) is 1.42.